The molecule has 5 aromatic rings. The second kappa shape index (κ2) is 9.19. The second-order valence-corrected chi connectivity index (χ2v) is 8.45. The first-order valence-electron chi connectivity index (χ1n) is 11.6. The molecule has 0 aliphatic carbocycles. The smallest absolute Gasteiger partial charge is 0.330 e. The molecule has 0 bridgehead atoms. The van der Waals surface area contributed by atoms with Crippen LogP contribution in [0.2, 0.25) is 0 Å². The SMILES string of the molecule is CC(=O)On1c(=O)c(-c2c(C)n(CCCN)c3ccccc23)nc2c(-c3ccccc3)cccc21. The molecule has 35 heavy (non-hydrogen) atoms. The number of aryl methyl sites for hydroxylation is 1. The Labute approximate surface area is 202 Å². The predicted octanol–water partition coefficient (Wildman–Crippen LogP) is 4.32. The molecule has 5 rings (SSSR count). The minimum atomic E-state index is -0.585. The lowest BCUT2D eigenvalue weighted by atomic mass is 10.0. The number of fused-ring (bicyclic) bond motifs is 2. The number of nitrogens with zero attached hydrogens (tertiary/aromatic N) is 3. The number of nitrogens with two attached hydrogens (primary N) is 1. The maximum Gasteiger partial charge on any atom is 0.330 e. The number of carbonyl (C=O) groups excluding carboxylic acids is 1. The first kappa shape index (κ1) is 22.6. The molecule has 3 aromatic carbocycles. The van der Waals surface area contributed by atoms with E-state index in [1.54, 1.807) is 6.07 Å². The van der Waals surface area contributed by atoms with Crippen molar-refractivity contribution in [2.24, 2.45) is 5.73 Å². The minimum absolute atomic E-state index is 0.238. The van der Waals surface area contributed by atoms with Gasteiger partial charge in [0.15, 0.2) is 0 Å². The van der Waals surface area contributed by atoms with Gasteiger partial charge in [0.2, 0.25) is 0 Å². The molecule has 7 nitrogen and oxygen atoms in total. The van der Waals surface area contributed by atoms with Crippen LogP contribution in [0, 0.1) is 6.92 Å². The molecule has 0 fully saturated rings. The number of hydrogen-bond acceptors (Lipinski definition) is 5. The molecule has 0 spiro atoms. The summed E-state index contributed by atoms with van der Waals surface area (Å²) in [5.74, 6) is -0.585. The van der Waals surface area contributed by atoms with E-state index in [9.17, 15) is 9.59 Å². The van der Waals surface area contributed by atoms with Gasteiger partial charge in [-0.05, 0) is 37.6 Å². The van der Waals surface area contributed by atoms with Gasteiger partial charge in [0.05, 0.1) is 5.52 Å². The van der Waals surface area contributed by atoms with Gasteiger partial charge in [-0.15, -0.1) is 4.73 Å². The molecule has 0 radical (unpaired) electrons. The third-order valence-electron chi connectivity index (χ3n) is 6.20. The summed E-state index contributed by atoms with van der Waals surface area (Å²) in [6.45, 7) is 4.55. The Hall–Kier alpha value is -4.23. The van der Waals surface area contributed by atoms with Gasteiger partial charge in [-0.3, -0.25) is 4.79 Å². The number of para-hydroxylation sites is 2. The van der Waals surface area contributed by atoms with Crippen LogP contribution in [0.4, 0.5) is 0 Å². The summed E-state index contributed by atoms with van der Waals surface area (Å²) >= 11 is 0. The molecule has 0 aliphatic rings. The van der Waals surface area contributed by atoms with E-state index in [0.29, 0.717) is 17.6 Å². The lowest BCUT2D eigenvalue weighted by molar-refractivity contribution is -0.141. The maximum atomic E-state index is 13.8. The first-order chi connectivity index (χ1) is 17.0. The molecule has 2 N–H and O–H groups in total. The van der Waals surface area contributed by atoms with E-state index in [4.69, 9.17) is 15.6 Å². The van der Waals surface area contributed by atoms with Crippen LogP contribution in [-0.2, 0) is 11.3 Å². The van der Waals surface area contributed by atoms with E-state index in [0.717, 1.165) is 51.0 Å². The van der Waals surface area contributed by atoms with Crippen molar-refractivity contribution in [1.29, 1.82) is 0 Å². The highest BCUT2D eigenvalue weighted by molar-refractivity contribution is 5.99. The quantitative estimate of drug-likeness (QED) is 0.402. The maximum absolute atomic E-state index is 13.8. The number of rotatable bonds is 6. The highest BCUT2D eigenvalue weighted by Crippen LogP contribution is 2.34. The van der Waals surface area contributed by atoms with Crippen molar-refractivity contribution in [2.45, 2.75) is 26.8 Å². The van der Waals surface area contributed by atoms with Gasteiger partial charge in [0.25, 0.3) is 0 Å². The Bertz CT molecular complexity index is 1620. The zero-order valence-corrected chi connectivity index (χ0v) is 19.7. The summed E-state index contributed by atoms with van der Waals surface area (Å²) in [5.41, 5.74) is 11.0. The molecule has 2 aromatic heterocycles. The van der Waals surface area contributed by atoms with Crippen molar-refractivity contribution < 1.29 is 9.63 Å². The Morgan fingerprint density at radius 3 is 2.43 bits per heavy atom. The molecule has 7 heteroatoms. The van der Waals surface area contributed by atoms with Gasteiger partial charge < -0.3 is 15.1 Å². The van der Waals surface area contributed by atoms with Crippen molar-refractivity contribution in [3.8, 4) is 22.4 Å². The Morgan fingerprint density at radius 1 is 0.971 bits per heavy atom. The summed E-state index contributed by atoms with van der Waals surface area (Å²) in [5, 5.41) is 0.914. The van der Waals surface area contributed by atoms with Crippen molar-refractivity contribution in [3.05, 3.63) is 88.8 Å². The van der Waals surface area contributed by atoms with E-state index >= 15 is 0 Å². The topological polar surface area (TPSA) is 92.1 Å². The number of benzene rings is 3. The van der Waals surface area contributed by atoms with Crippen LogP contribution in [0.3, 0.4) is 0 Å². The van der Waals surface area contributed by atoms with Crippen LogP contribution in [0.25, 0.3) is 44.3 Å². The average Bonchev–Trinajstić information content (AvgIpc) is 3.15. The predicted molar refractivity (Wildman–Crippen MR) is 138 cm³/mol. The van der Waals surface area contributed by atoms with E-state index in [1.165, 1.54) is 6.92 Å². The third kappa shape index (κ3) is 3.90. The van der Waals surface area contributed by atoms with Gasteiger partial charge in [0, 0.05) is 41.2 Å². The Morgan fingerprint density at radius 2 is 1.69 bits per heavy atom. The monoisotopic (exact) mass is 466 g/mol. The first-order valence-corrected chi connectivity index (χ1v) is 11.6. The van der Waals surface area contributed by atoms with Gasteiger partial charge in [-0.2, -0.15) is 0 Å². The molecule has 0 saturated carbocycles. The zero-order chi connectivity index (χ0) is 24.5. The summed E-state index contributed by atoms with van der Waals surface area (Å²) in [6.07, 6.45) is 0.805. The van der Waals surface area contributed by atoms with Crippen LogP contribution >= 0.6 is 0 Å². The molecule has 0 aliphatic heterocycles. The van der Waals surface area contributed by atoms with Gasteiger partial charge >= 0.3 is 11.5 Å². The summed E-state index contributed by atoms with van der Waals surface area (Å²) < 4.78 is 3.24. The Balaban J connectivity index is 1.88. The van der Waals surface area contributed by atoms with Gasteiger partial charge in [0.1, 0.15) is 11.2 Å². The van der Waals surface area contributed by atoms with E-state index in [2.05, 4.69) is 4.57 Å². The van der Waals surface area contributed by atoms with E-state index in [1.807, 2.05) is 73.7 Å². The lowest BCUT2D eigenvalue weighted by Gasteiger charge is -2.14. The molecule has 0 atom stereocenters. The van der Waals surface area contributed by atoms with E-state index < -0.39 is 11.5 Å². The molecular weight excluding hydrogens is 440 g/mol. The van der Waals surface area contributed by atoms with Crippen molar-refractivity contribution in [2.75, 3.05) is 6.54 Å². The number of hydrogen-bond donors (Lipinski definition) is 1. The molecule has 2 heterocycles. The number of carbonyl (C=O) groups is 1. The summed E-state index contributed by atoms with van der Waals surface area (Å²) in [7, 11) is 0. The van der Waals surface area contributed by atoms with Crippen molar-refractivity contribution in [3.63, 3.8) is 0 Å². The summed E-state index contributed by atoms with van der Waals surface area (Å²) in [4.78, 5) is 36.1. The highest BCUT2D eigenvalue weighted by atomic mass is 16.7. The Kier molecular flexibility index (Phi) is 5.93. The van der Waals surface area contributed by atoms with Crippen LogP contribution < -0.4 is 16.1 Å². The van der Waals surface area contributed by atoms with Gasteiger partial charge in [-0.1, -0.05) is 60.7 Å². The highest BCUT2D eigenvalue weighted by Gasteiger charge is 2.23. The third-order valence-corrected chi connectivity index (χ3v) is 6.20. The zero-order valence-electron chi connectivity index (χ0n) is 19.7. The standard InChI is InChI=1S/C28H26N4O3/c1-18-25(22-12-6-7-14-23(22)31(18)17-9-16-29)27-28(34)32(35-19(2)33)24-15-8-13-21(26(24)30-27)20-10-4-3-5-11-20/h3-8,10-15H,9,16-17,29H2,1-2H3. The molecule has 0 unspecified atom stereocenters. The van der Waals surface area contributed by atoms with Crippen molar-refractivity contribution in [1.82, 2.24) is 14.3 Å². The largest absolute Gasteiger partial charge is 0.344 e. The van der Waals surface area contributed by atoms with Crippen LogP contribution in [0.15, 0.2) is 77.6 Å². The van der Waals surface area contributed by atoms with Crippen LogP contribution in [0.1, 0.15) is 19.0 Å². The van der Waals surface area contributed by atoms with Crippen LogP contribution in [0.5, 0.6) is 0 Å². The van der Waals surface area contributed by atoms with E-state index in [-0.39, 0.29) is 5.69 Å². The van der Waals surface area contributed by atoms with Crippen molar-refractivity contribution >= 4 is 27.9 Å². The molecular formula is C28H26N4O3. The minimum Gasteiger partial charge on any atom is -0.344 e. The summed E-state index contributed by atoms with van der Waals surface area (Å²) in [6, 6.07) is 23.3. The lowest BCUT2D eigenvalue weighted by Crippen LogP contribution is -2.32. The molecule has 0 saturated heterocycles. The van der Waals surface area contributed by atoms with Gasteiger partial charge in [-0.25, -0.2) is 9.78 Å². The fraction of sp³-hybridized carbons (Fsp3) is 0.179. The molecule has 176 valence electrons. The normalized spacial score (nSPS) is 11.3. The fourth-order valence-corrected chi connectivity index (χ4v) is 4.68. The second-order valence-electron chi connectivity index (χ2n) is 8.45. The average molecular weight is 467 g/mol. The number of aromatic nitrogens is 3. The fourth-order valence-electron chi connectivity index (χ4n) is 4.68. The molecule has 0 amide bonds. The van der Waals surface area contributed by atoms with Crippen LogP contribution in [-0.4, -0.2) is 26.8 Å².